The zero-order valence-corrected chi connectivity index (χ0v) is 55.6. The lowest BCUT2D eigenvalue weighted by molar-refractivity contribution is -0.154. The number of aliphatic hydroxyl groups is 1. The van der Waals surface area contributed by atoms with E-state index in [2.05, 4.69) is 72.3 Å². The van der Waals surface area contributed by atoms with Crippen LogP contribution in [0.1, 0.15) is 123 Å². The first kappa shape index (κ1) is 81.0. The van der Waals surface area contributed by atoms with Gasteiger partial charge in [0.1, 0.15) is 72.6 Å². The fourth-order valence-electron chi connectivity index (χ4n) is 10.3. The van der Waals surface area contributed by atoms with Gasteiger partial charge >= 0.3 is 5.97 Å². The summed E-state index contributed by atoms with van der Waals surface area (Å²) in [7, 11) is 0. The molecule has 95 heavy (non-hydrogen) atoms. The van der Waals surface area contributed by atoms with Crippen molar-refractivity contribution in [3.8, 4) is 0 Å². The highest BCUT2D eigenvalue weighted by molar-refractivity contribution is 5.99. The van der Waals surface area contributed by atoms with E-state index in [1.54, 1.807) is 74.5 Å². The van der Waals surface area contributed by atoms with E-state index in [1.165, 1.54) is 13.8 Å². The van der Waals surface area contributed by atoms with Crippen LogP contribution in [0.5, 0.6) is 0 Å². The summed E-state index contributed by atoms with van der Waals surface area (Å²) in [6, 6.07) is 0.759. The van der Waals surface area contributed by atoms with Crippen LogP contribution in [0.15, 0.2) is 60.7 Å². The Hall–Kier alpha value is -8.20. The molecule has 1 saturated heterocycles. The lowest BCUT2D eigenvalue weighted by Gasteiger charge is -2.30. The molecule has 0 spiro atoms. The summed E-state index contributed by atoms with van der Waals surface area (Å²) in [6.45, 7) is 8.80. The molecule has 1 heterocycles. The molecule has 2 aromatic rings. The third-order valence-electron chi connectivity index (χ3n) is 15.5. The lowest BCUT2D eigenvalue weighted by atomic mass is 10.00. The van der Waals surface area contributed by atoms with Gasteiger partial charge in [0.25, 0.3) is 0 Å². The van der Waals surface area contributed by atoms with Crippen molar-refractivity contribution in [2.45, 2.75) is 204 Å². The van der Waals surface area contributed by atoms with E-state index in [4.69, 9.17) is 39.1 Å². The standard InChI is InChI=1S/C64H105N17O14/c1-36(2)15-13-14-20-51(83)72-43(21-27-65)58(88)81-53(39(6)95-64(94)42(70)34-40-16-9-7-10-17-40)63(93)77-46(24-30-68)55(85)76-48-26-32-71-62(92)52(38(5)82)80-59(89)47(25-31-69)74-54(84)44(22-28-66)75-60(90)49(33-37(3)4)78-61(91)50(35-41-18-11-8-12-19-41)79-56(86)45(23-29-67)73-57(48)87/h7-12,16-19,36-39,42-50,52-53,82H,13-15,20-35,65-70H2,1-6H3,(H,71,92)(H,72,83)(H,73,87)(H,74,84)(H,75,90)(H,76,85)(H,77,93)(H,78,91)(H,79,86)(H,80,89)(H,81,88)/t38-,39-,42+,43+,44+,45+,46+,47+,48+,49+,50-,52+,53+/m1/s1. The Morgan fingerprint density at radius 1 is 0.537 bits per heavy atom. The van der Waals surface area contributed by atoms with Gasteiger partial charge in [0.05, 0.1) is 6.10 Å². The van der Waals surface area contributed by atoms with Gasteiger partial charge in [0.15, 0.2) is 0 Å². The van der Waals surface area contributed by atoms with Gasteiger partial charge in [-0.25, -0.2) is 0 Å². The van der Waals surface area contributed by atoms with E-state index in [0.29, 0.717) is 23.5 Å². The van der Waals surface area contributed by atoms with Crippen molar-refractivity contribution in [3.05, 3.63) is 71.8 Å². The summed E-state index contributed by atoms with van der Waals surface area (Å²) in [5.41, 5.74) is 37.2. The highest BCUT2D eigenvalue weighted by Gasteiger charge is 2.39. The van der Waals surface area contributed by atoms with Crippen molar-refractivity contribution in [1.82, 2.24) is 58.5 Å². The number of esters is 1. The summed E-state index contributed by atoms with van der Waals surface area (Å²) >= 11 is 0. The zero-order valence-electron chi connectivity index (χ0n) is 55.6. The highest BCUT2D eigenvalue weighted by Crippen LogP contribution is 2.14. The van der Waals surface area contributed by atoms with Gasteiger partial charge in [-0.15, -0.1) is 0 Å². The molecule has 31 nitrogen and oxygen atoms in total. The molecule has 2 aromatic carbocycles. The minimum Gasteiger partial charge on any atom is -0.459 e. The van der Waals surface area contributed by atoms with Crippen molar-refractivity contribution in [1.29, 1.82) is 0 Å². The number of nitrogens with two attached hydrogens (primary N) is 6. The van der Waals surface area contributed by atoms with Crippen LogP contribution >= 0.6 is 0 Å². The number of nitrogens with one attached hydrogen (secondary N) is 11. The Kier molecular flexibility index (Phi) is 36.7. The van der Waals surface area contributed by atoms with Crippen LogP contribution in [-0.4, -0.2) is 194 Å². The molecule has 3 rings (SSSR count). The number of ether oxygens (including phenoxy) is 1. The van der Waals surface area contributed by atoms with E-state index >= 15 is 0 Å². The predicted molar refractivity (Wildman–Crippen MR) is 354 cm³/mol. The number of benzene rings is 2. The summed E-state index contributed by atoms with van der Waals surface area (Å²) in [4.78, 5) is 170. The molecule has 0 unspecified atom stereocenters. The third kappa shape index (κ3) is 29.1. The smallest absolute Gasteiger partial charge is 0.323 e. The maximum atomic E-state index is 14.8. The van der Waals surface area contributed by atoms with Crippen LogP contribution in [-0.2, 0) is 75.1 Å². The summed E-state index contributed by atoms with van der Waals surface area (Å²) < 4.78 is 5.71. The molecule has 1 aliphatic rings. The Labute approximate surface area is 555 Å². The third-order valence-corrected chi connectivity index (χ3v) is 15.5. The first-order valence-electron chi connectivity index (χ1n) is 32.7. The molecule has 31 heteroatoms. The normalized spacial score (nSPS) is 21.7. The zero-order chi connectivity index (χ0) is 70.7. The summed E-state index contributed by atoms with van der Waals surface area (Å²) in [6.07, 6.45) is -2.44. The maximum Gasteiger partial charge on any atom is 0.323 e. The Morgan fingerprint density at radius 3 is 1.54 bits per heavy atom. The van der Waals surface area contributed by atoms with Crippen LogP contribution in [0.25, 0.3) is 0 Å². The number of rotatable bonds is 32. The van der Waals surface area contributed by atoms with Crippen molar-refractivity contribution < 1.29 is 67.4 Å². The van der Waals surface area contributed by atoms with E-state index in [0.717, 1.165) is 12.8 Å². The Bertz CT molecular complexity index is 2800. The number of amides is 11. The van der Waals surface area contributed by atoms with Crippen molar-refractivity contribution in [2.75, 3.05) is 39.3 Å². The quantitative estimate of drug-likeness (QED) is 0.0242. The molecular formula is C64H105N17O14. The fourth-order valence-corrected chi connectivity index (χ4v) is 10.3. The number of unbranched alkanes of at least 4 members (excludes halogenated alkanes) is 1. The minimum absolute atomic E-state index is 0.0300. The van der Waals surface area contributed by atoms with Crippen LogP contribution in [0.3, 0.4) is 0 Å². The van der Waals surface area contributed by atoms with Crippen LogP contribution < -0.4 is 92.9 Å². The second kappa shape index (κ2) is 43.0. The van der Waals surface area contributed by atoms with Crippen LogP contribution in [0.2, 0.25) is 0 Å². The summed E-state index contributed by atoms with van der Waals surface area (Å²) in [5, 5.41) is 39.3. The molecule has 13 atom stereocenters. The summed E-state index contributed by atoms with van der Waals surface area (Å²) in [5.74, 6) is -10.8. The number of hydrogen-bond acceptors (Lipinski definition) is 20. The number of aliphatic hydroxyl groups excluding tert-OH is 1. The van der Waals surface area contributed by atoms with Gasteiger partial charge in [0.2, 0.25) is 65.0 Å². The molecule has 530 valence electrons. The first-order valence-corrected chi connectivity index (χ1v) is 32.7. The van der Waals surface area contributed by atoms with E-state index in [9.17, 15) is 62.6 Å². The molecule has 0 radical (unpaired) electrons. The molecule has 0 saturated carbocycles. The first-order chi connectivity index (χ1) is 45.2. The Balaban J connectivity index is 2.16. The average Bonchev–Trinajstić information content (AvgIpc) is 1.08. The van der Waals surface area contributed by atoms with Gasteiger partial charge < -0.3 is 103 Å². The van der Waals surface area contributed by atoms with E-state index in [1.807, 2.05) is 0 Å². The van der Waals surface area contributed by atoms with Gasteiger partial charge in [-0.2, -0.15) is 0 Å². The van der Waals surface area contributed by atoms with E-state index in [-0.39, 0.29) is 96.4 Å². The topological polar surface area (TPSA) is 523 Å². The molecule has 0 aromatic heterocycles. The molecule has 0 bridgehead atoms. The fraction of sp³-hybridized carbons (Fsp3) is 0.625. The number of hydrogen-bond donors (Lipinski definition) is 18. The van der Waals surface area contributed by atoms with Gasteiger partial charge in [-0.05, 0) is 127 Å². The highest BCUT2D eigenvalue weighted by atomic mass is 16.5. The molecule has 1 fully saturated rings. The van der Waals surface area contributed by atoms with Crippen LogP contribution in [0, 0.1) is 11.8 Å². The van der Waals surface area contributed by atoms with Crippen molar-refractivity contribution in [2.24, 2.45) is 46.2 Å². The molecule has 24 N–H and O–H groups in total. The van der Waals surface area contributed by atoms with Crippen molar-refractivity contribution in [3.63, 3.8) is 0 Å². The minimum atomic E-state index is -1.80. The van der Waals surface area contributed by atoms with Crippen LogP contribution in [0.4, 0.5) is 0 Å². The second-order valence-electron chi connectivity index (χ2n) is 24.6. The average molecular weight is 1340 g/mol. The molecule has 11 amide bonds. The number of carbonyl (C=O) groups excluding carboxylic acids is 12. The maximum absolute atomic E-state index is 14.8. The van der Waals surface area contributed by atoms with Gasteiger partial charge in [-0.1, -0.05) is 101 Å². The van der Waals surface area contributed by atoms with E-state index < -0.39 is 163 Å². The number of carbonyl (C=O) groups is 12. The Morgan fingerprint density at radius 2 is 1.02 bits per heavy atom. The largest absolute Gasteiger partial charge is 0.459 e. The van der Waals surface area contributed by atoms with Gasteiger partial charge in [-0.3, -0.25) is 57.5 Å². The molecular weight excluding hydrogens is 1230 g/mol. The molecule has 1 aliphatic heterocycles. The SMILES string of the molecule is CC(C)CCCCC(=O)N[C@@H](CCN)C(=O)N[C@H](C(=O)N[C@@H](CCN)C(=O)N[C@H]1CCNC(=O)[C@H]([C@@H](C)O)NC(=O)[C@H](CCN)NC(=O)[C@H](CCN)NC(=O)[C@H](CC(C)C)NC(=O)[C@@H](Cc2ccccc2)NC(=O)[C@H](CCN)NC1=O)[C@@H](C)OC(=O)[C@@H](N)Cc1ccccc1. The second-order valence-corrected chi connectivity index (χ2v) is 24.6. The van der Waals surface area contributed by atoms with Crippen molar-refractivity contribution >= 4 is 70.9 Å². The lowest BCUT2D eigenvalue weighted by Crippen LogP contribution is -2.62. The van der Waals surface area contributed by atoms with Gasteiger partial charge in [0, 0.05) is 19.4 Å². The monoisotopic (exact) mass is 1340 g/mol. The predicted octanol–water partition coefficient (Wildman–Crippen LogP) is -4.51. The molecule has 0 aliphatic carbocycles.